The van der Waals surface area contributed by atoms with Gasteiger partial charge >= 0.3 is 6.09 Å². The third-order valence-corrected chi connectivity index (χ3v) is 5.25. The van der Waals surface area contributed by atoms with E-state index < -0.39 is 0 Å². The number of carbonyl (C=O) groups is 1. The number of rotatable bonds is 1. The van der Waals surface area contributed by atoms with Crippen LogP contribution in [0.5, 0.6) is 0 Å². The molecule has 0 N–H and O–H groups in total. The Labute approximate surface area is 135 Å². The Kier molecular flexibility index (Phi) is 3.62. The van der Waals surface area contributed by atoms with E-state index in [4.69, 9.17) is 9.47 Å². The molecule has 0 bridgehead atoms. The number of para-hydroxylation sites is 1. The molecule has 0 radical (unpaired) electrons. The molecule has 1 aromatic heterocycles. The molecule has 1 saturated heterocycles. The maximum Gasteiger partial charge on any atom is 0.418 e. The lowest BCUT2D eigenvalue weighted by molar-refractivity contribution is 0.0164. The first-order chi connectivity index (χ1) is 11.3. The van der Waals surface area contributed by atoms with Crippen LogP contribution in [-0.4, -0.2) is 42.9 Å². The van der Waals surface area contributed by atoms with Gasteiger partial charge in [0.05, 0.1) is 30.5 Å². The van der Waals surface area contributed by atoms with Crippen molar-refractivity contribution in [1.29, 1.82) is 0 Å². The molecule has 122 valence electrons. The molecule has 2 aromatic rings. The van der Waals surface area contributed by atoms with Gasteiger partial charge in [-0.2, -0.15) is 0 Å². The molecule has 0 unspecified atom stereocenters. The summed E-state index contributed by atoms with van der Waals surface area (Å²) in [7, 11) is 3.20. The van der Waals surface area contributed by atoms with Gasteiger partial charge in [-0.25, -0.2) is 9.36 Å². The maximum absolute atomic E-state index is 12.5. The lowest BCUT2D eigenvalue weighted by Gasteiger charge is -2.42. The fourth-order valence-corrected chi connectivity index (χ4v) is 4.26. The first-order valence-corrected chi connectivity index (χ1v) is 8.24. The maximum atomic E-state index is 12.5. The van der Waals surface area contributed by atoms with Crippen LogP contribution in [0.3, 0.4) is 0 Å². The number of piperidine rings is 1. The number of benzene rings is 1. The normalized spacial score (nSPS) is 24.3. The number of fused-ring (bicyclic) bond motifs is 5. The molecule has 1 fully saturated rings. The quantitative estimate of drug-likeness (QED) is 0.808. The first-order valence-electron chi connectivity index (χ1n) is 8.24. The molecule has 2 aliphatic rings. The van der Waals surface area contributed by atoms with Crippen LogP contribution in [0.15, 0.2) is 24.3 Å². The molecule has 0 amide bonds. The minimum absolute atomic E-state index is 0.00449. The molecule has 5 nitrogen and oxygen atoms in total. The lowest BCUT2D eigenvalue weighted by atomic mass is 9.89. The van der Waals surface area contributed by atoms with Crippen LogP contribution in [0.25, 0.3) is 10.9 Å². The van der Waals surface area contributed by atoms with Gasteiger partial charge in [0, 0.05) is 24.6 Å². The van der Waals surface area contributed by atoms with Gasteiger partial charge in [-0.15, -0.1) is 0 Å². The molecular formula is C18H22N2O3. The van der Waals surface area contributed by atoms with Crippen LogP contribution in [0.4, 0.5) is 4.79 Å². The Bertz CT molecular complexity index is 752. The fraction of sp³-hybridized carbons (Fsp3) is 0.500. The molecule has 4 rings (SSSR count). The summed E-state index contributed by atoms with van der Waals surface area (Å²) in [4.78, 5) is 15.0. The summed E-state index contributed by atoms with van der Waals surface area (Å²) in [5.41, 5.74) is 3.14. The van der Waals surface area contributed by atoms with Crippen molar-refractivity contribution in [3.05, 3.63) is 35.5 Å². The van der Waals surface area contributed by atoms with Gasteiger partial charge in [0.25, 0.3) is 0 Å². The van der Waals surface area contributed by atoms with E-state index in [0.29, 0.717) is 0 Å². The zero-order valence-corrected chi connectivity index (χ0v) is 13.6. The number of hydrogen-bond donors (Lipinski definition) is 0. The number of carbonyl (C=O) groups excluding carboxylic acids is 1. The Morgan fingerprint density at radius 3 is 2.83 bits per heavy atom. The summed E-state index contributed by atoms with van der Waals surface area (Å²) in [6.07, 6.45) is 3.16. The highest BCUT2D eigenvalue weighted by Gasteiger charge is 2.40. The van der Waals surface area contributed by atoms with Crippen molar-refractivity contribution in [2.75, 3.05) is 27.3 Å². The van der Waals surface area contributed by atoms with Gasteiger partial charge in [0.2, 0.25) is 0 Å². The van der Waals surface area contributed by atoms with Gasteiger partial charge in [-0.1, -0.05) is 24.6 Å². The smallest absolute Gasteiger partial charge is 0.418 e. The van der Waals surface area contributed by atoms with Crippen LogP contribution in [-0.2, 0) is 9.47 Å². The highest BCUT2D eigenvalue weighted by Crippen LogP contribution is 2.45. The summed E-state index contributed by atoms with van der Waals surface area (Å²) in [6.45, 7) is 1.95. The third-order valence-electron chi connectivity index (χ3n) is 5.25. The van der Waals surface area contributed by atoms with Crippen molar-refractivity contribution >= 4 is 17.0 Å². The highest BCUT2D eigenvalue weighted by atomic mass is 16.5. The van der Waals surface area contributed by atoms with Crippen molar-refractivity contribution in [2.45, 2.75) is 31.4 Å². The second kappa shape index (κ2) is 5.65. The standard InChI is InChI=1S/C18H22N2O3/c1-22-15-11-19-10-6-5-9-14(19)17-16(15)12-7-3-4-8-13(12)20(17)18(21)23-2/h3-4,7-8,14-15H,5-6,9-11H2,1-2H3/t14-,15-/m0/s1. The van der Waals surface area contributed by atoms with E-state index in [9.17, 15) is 4.79 Å². The SMILES string of the molecule is COC(=O)n1c2c(c3ccccc31)[C@@H](OC)CN1CCCC[C@@H]21. The average Bonchev–Trinajstić information content (AvgIpc) is 2.96. The molecule has 0 aliphatic carbocycles. The van der Waals surface area contributed by atoms with E-state index >= 15 is 0 Å². The van der Waals surface area contributed by atoms with Crippen LogP contribution in [0.2, 0.25) is 0 Å². The first kappa shape index (κ1) is 14.7. The van der Waals surface area contributed by atoms with Gasteiger partial charge in [0.15, 0.2) is 0 Å². The summed E-state index contributed by atoms with van der Waals surface area (Å²) in [5.74, 6) is 0. The van der Waals surface area contributed by atoms with Gasteiger partial charge in [-0.3, -0.25) is 4.90 Å². The Morgan fingerprint density at radius 2 is 2.04 bits per heavy atom. The van der Waals surface area contributed by atoms with Gasteiger partial charge in [-0.05, 0) is 25.5 Å². The molecular weight excluding hydrogens is 292 g/mol. The van der Waals surface area contributed by atoms with E-state index in [0.717, 1.165) is 41.7 Å². The summed E-state index contributed by atoms with van der Waals surface area (Å²) in [6, 6.07) is 8.33. The van der Waals surface area contributed by atoms with E-state index in [2.05, 4.69) is 11.0 Å². The zero-order valence-electron chi connectivity index (χ0n) is 13.6. The Hall–Kier alpha value is -1.85. The minimum Gasteiger partial charge on any atom is -0.452 e. The molecule has 2 aliphatic heterocycles. The lowest BCUT2D eigenvalue weighted by Crippen LogP contribution is -2.42. The van der Waals surface area contributed by atoms with Crippen molar-refractivity contribution in [1.82, 2.24) is 9.47 Å². The topological polar surface area (TPSA) is 43.7 Å². The minimum atomic E-state index is -0.315. The van der Waals surface area contributed by atoms with Gasteiger partial charge < -0.3 is 9.47 Å². The second-order valence-corrected chi connectivity index (χ2v) is 6.35. The number of ether oxygens (including phenoxy) is 2. The molecule has 1 aromatic carbocycles. The third kappa shape index (κ3) is 2.11. The predicted octanol–water partition coefficient (Wildman–Crippen LogP) is 3.48. The number of methoxy groups -OCH3 is 2. The number of nitrogens with zero attached hydrogens (tertiary/aromatic N) is 2. The molecule has 23 heavy (non-hydrogen) atoms. The van der Waals surface area contributed by atoms with Crippen molar-refractivity contribution in [3.63, 3.8) is 0 Å². The van der Waals surface area contributed by atoms with Crippen molar-refractivity contribution < 1.29 is 14.3 Å². The van der Waals surface area contributed by atoms with Crippen LogP contribution >= 0.6 is 0 Å². The molecule has 0 saturated carbocycles. The monoisotopic (exact) mass is 314 g/mol. The van der Waals surface area contributed by atoms with E-state index in [1.54, 1.807) is 11.7 Å². The average molecular weight is 314 g/mol. The van der Waals surface area contributed by atoms with Crippen molar-refractivity contribution in [3.8, 4) is 0 Å². The van der Waals surface area contributed by atoms with Crippen molar-refractivity contribution in [2.24, 2.45) is 0 Å². The van der Waals surface area contributed by atoms with Crippen LogP contribution in [0.1, 0.15) is 42.7 Å². The molecule has 3 heterocycles. The molecule has 2 atom stereocenters. The van der Waals surface area contributed by atoms with Crippen LogP contribution in [0, 0.1) is 0 Å². The predicted molar refractivity (Wildman–Crippen MR) is 87.7 cm³/mol. The Morgan fingerprint density at radius 1 is 1.22 bits per heavy atom. The van der Waals surface area contributed by atoms with E-state index in [1.807, 2.05) is 18.2 Å². The fourth-order valence-electron chi connectivity index (χ4n) is 4.26. The number of aromatic nitrogens is 1. The molecule has 5 heteroatoms. The summed E-state index contributed by atoms with van der Waals surface area (Å²) >= 11 is 0. The highest BCUT2D eigenvalue weighted by molar-refractivity contribution is 5.94. The Balaban J connectivity index is 2.03. The largest absolute Gasteiger partial charge is 0.452 e. The van der Waals surface area contributed by atoms with Gasteiger partial charge in [0.1, 0.15) is 0 Å². The van der Waals surface area contributed by atoms with E-state index in [1.165, 1.54) is 20.0 Å². The van der Waals surface area contributed by atoms with E-state index in [-0.39, 0.29) is 18.2 Å². The second-order valence-electron chi connectivity index (χ2n) is 6.35. The molecule has 0 spiro atoms. The van der Waals surface area contributed by atoms with Crippen LogP contribution < -0.4 is 0 Å². The summed E-state index contributed by atoms with van der Waals surface area (Å²) < 4.78 is 12.6. The zero-order chi connectivity index (χ0) is 16.0. The summed E-state index contributed by atoms with van der Waals surface area (Å²) in [5, 5.41) is 1.10. The number of hydrogen-bond acceptors (Lipinski definition) is 4.